The van der Waals surface area contributed by atoms with E-state index in [4.69, 9.17) is 14.2 Å². The summed E-state index contributed by atoms with van der Waals surface area (Å²) < 4.78 is 17.5. The molecular formula is C11H11Br3O3. The molecule has 0 radical (unpaired) electrons. The van der Waals surface area contributed by atoms with E-state index in [9.17, 15) is 0 Å². The van der Waals surface area contributed by atoms with E-state index in [0.717, 1.165) is 13.4 Å². The van der Waals surface area contributed by atoms with Crippen molar-refractivity contribution in [2.24, 2.45) is 0 Å². The quantitative estimate of drug-likeness (QED) is 0.700. The molecule has 94 valence electrons. The van der Waals surface area contributed by atoms with Gasteiger partial charge in [0.15, 0.2) is 11.5 Å². The van der Waals surface area contributed by atoms with Crippen LogP contribution in [0, 0.1) is 0 Å². The molecule has 6 heteroatoms. The highest BCUT2D eigenvalue weighted by Gasteiger charge is 2.18. The second-order valence-electron chi connectivity index (χ2n) is 2.98. The molecule has 0 aliphatic rings. The van der Waals surface area contributed by atoms with Gasteiger partial charge < -0.3 is 14.2 Å². The van der Waals surface area contributed by atoms with Crippen LogP contribution in [-0.4, -0.2) is 21.3 Å². The predicted molar refractivity (Wildman–Crippen MR) is 79.6 cm³/mol. The highest BCUT2D eigenvalue weighted by molar-refractivity contribution is 9.28. The van der Waals surface area contributed by atoms with Crippen molar-refractivity contribution in [2.45, 2.75) is 0 Å². The van der Waals surface area contributed by atoms with Crippen LogP contribution in [0.25, 0.3) is 6.08 Å². The van der Waals surface area contributed by atoms with Crippen molar-refractivity contribution in [1.29, 1.82) is 0 Å². The first-order chi connectivity index (χ1) is 8.04. The molecule has 0 unspecified atom stereocenters. The van der Waals surface area contributed by atoms with Crippen molar-refractivity contribution in [3.05, 3.63) is 19.5 Å². The maximum atomic E-state index is 5.32. The van der Waals surface area contributed by atoms with Crippen LogP contribution in [0.3, 0.4) is 0 Å². The van der Waals surface area contributed by atoms with Crippen molar-refractivity contribution in [1.82, 2.24) is 0 Å². The summed E-state index contributed by atoms with van der Waals surface area (Å²) in [5.74, 6) is 1.77. The lowest BCUT2D eigenvalue weighted by atomic mass is 10.2. The van der Waals surface area contributed by atoms with E-state index in [2.05, 4.69) is 47.8 Å². The predicted octanol–water partition coefficient (Wildman–Crippen LogP) is 4.56. The van der Waals surface area contributed by atoms with Gasteiger partial charge in [0.25, 0.3) is 0 Å². The first-order valence-corrected chi connectivity index (χ1v) is 6.94. The normalized spacial score (nSPS) is 9.76. The molecule has 0 fully saturated rings. The third-order valence-electron chi connectivity index (χ3n) is 2.06. The third kappa shape index (κ3) is 3.39. The third-order valence-corrected chi connectivity index (χ3v) is 3.34. The van der Waals surface area contributed by atoms with Crippen LogP contribution in [0.5, 0.6) is 17.2 Å². The average Bonchev–Trinajstić information content (AvgIpc) is 2.30. The topological polar surface area (TPSA) is 27.7 Å². The molecule has 0 amide bonds. The Bertz CT molecular complexity index is 440. The van der Waals surface area contributed by atoms with E-state index in [0.29, 0.717) is 17.2 Å². The average molecular weight is 431 g/mol. The number of halogens is 3. The summed E-state index contributed by atoms with van der Waals surface area (Å²) >= 11 is 10.1. The zero-order chi connectivity index (χ0) is 13.0. The Morgan fingerprint density at radius 1 is 1.06 bits per heavy atom. The number of benzene rings is 1. The van der Waals surface area contributed by atoms with Crippen LogP contribution >= 0.6 is 47.8 Å². The molecule has 0 saturated heterocycles. The highest BCUT2D eigenvalue weighted by atomic mass is 79.9. The maximum Gasteiger partial charge on any atom is 0.204 e. The summed E-state index contributed by atoms with van der Waals surface area (Å²) in [7, 11) is 4.74. The largest absolute Gasteiger partial charge is 0.493 e. The second kappa shape index (κ2) is 6.66. The summed E-state index contributed by atoms with van der Waals surface area (Å²) in [5, 5.41) is 0. The van der Waals surface area contributed by atoms with Gasteiger partial charge in [-0.2, -0.15) is 0 Å². The van der Waals surface area contributed by atoms with E-state index in [1.54, 1.807) is 21.3 Å². The SMILES string of the molecule is COc1cc(C=C(Br)Br)c(Br)c(OC)c1OC. The monoisotopic (exact) mass is 428 g/mol. The molecule has 0 saturated carbocycles. The smallest absolute Gasteiger partial charge is 0.204 e. The molecule has 17 heavy (non-hydrogen) atoms. The molecule has 0 aliphatic carbocycles. The van der Waals surface area contributed by atoms with Crippen LogP contribution in [0.1, 0.15) is 5.56 Å². The van der Waals surface area contributed by atoms with Gasteiger partial charge >= 0.3 is 0 Å². The summed E-state index contributed by atoms with van der Waals surface area (Å²) in [6.07, 6.45) is 1.88. The lowest BCUT2D eigenvalue weighted by Crippen LogP contribution is -1.97. The Labute approximate surface area is 126 Å². The molecule has 3 nitrogen and oxygen atoms in total. The number of methoxy groups -OCH3 is 3. The van der Waals surface area contributed by atoms with Gasteiger partial charge in [0.2, 0.25) is 5.75 Å². The fourth-order valence-electron chi connectivity index (χ4n) is 1.36. The van der Waals surface area contributed by atoms with Gasteiger partial charge in [0, 0.05) is 0 Å². The fraction of sp³-hybridized carbons (Fsp3) is 0.273. The summed E-state index contributed by atoms with van der Waals surface area (Å²) in [4.78, 5) is 0. The van der Waals surface area contributed by atoms with Gasteiger partial charge in [-0.3, -0.25) is 0 Å². The maximum absolute atomic E-state index is 5.32. The molecular weight excluding hydrogens is 420 g/mol. The number of rotatable bonds is 4. The first kappa shape index (κ1) is 14.9. The van der Waals surface area contributed by atoms with E-state index in [1.807, 2.05) is 12.1 Å². The molecule has 0 atom stereocenters. The van der Waals surface area contributed by atoms with Crippen molar-refractivity contribution < 1.29 is 14.2 Å². The number of hydrogen-bond acceptors (Lipinski definition) is 3. The van der Waals surface area contributed by atoms with Crippen molar-refractivity contribution in [3.8, 4) is 17.2 Å². The van der Waals surface area contributed by atoms with E-state index >= 15 is 0 Å². The summed E-state index contributed by atoms with van der Waals surface area (Å²) in [6.45, 7) is 0. The van der Waals surface area contributed by atoms with Gasteiger partial charge in [0.05, 0.1) is 29.2 Å². The lowest BCUT2D eigenvalue weighted by molar-refractivity contribution is 0.323. The Hall–Kier alpha value is -0.200. The van der Waals surface area contributed by atoms with Gasteiger partial charge in [-0.1, -0.05) is 0 Å². The van der Waals surface area contributed by atoms with E-state index < -0.39 is 0 Å². The molecule has 1 aromatic carbocycles. The molecule has 1 aromatic rings. The second-order valence-corrected chi connectivity index (χ2v) is 6.55. The zero-order valence-corrected chi connectivity index (χ0v) is 14.3. The van der Waals surface area contributed by atoms with Crippen LogP contribution in [-0.2, 0) is 0 Å². The molecule has 0 N–H and O–H groups in total. The lowest BCUT2D eigenvalue weighted by Gasteiger charge is -2.15. The minimum atomic E-state index is 0.560. The molecule has 0 bridgehead atoms. The van der Waals surface area contributed by atoms with Crippen LogP contribution in [0.4, 0.5) is 0 Å². The van der Waals surface area contributed by atoms with Crippen molar-refractivity contribution in [2.75, 3.05) is 21.3 Å². The van der Waals surface area contributed by atoms with Crippen LogP contribution in [0.15, 0.2) is 13.9 Å². The van der Waals surface area contributed by atoms with Gasteiger partial charge in [-0.25, -0.2) is 0 Å². The molecule has 0 aromatic heterocycles. The minimum Gasteiger partial charge on any atom is -0.493 e. The molecule has 0 aliphatic heterocycles. The highest BCUT2D eigenvalue weighted by Crippen LogP contribution is 2.45. The van der Waals surface area contributed by atoms with E-state index in [-0.39, 0.29) is 0 Å². The van der Waals surface area contributed by atoms with Crippen molar-refractivity contribution >= 4 is 53.9 Å². The minimum absolute atomic E-state index is 0.560. The van der Waals surface area contributed by atoms with Crippen LogP contribution < -0.4 is 14.2 Å². The summed E-state index contributed by atoms with van der Waals surface area (Å²) in [5.41, 5.74) is 0.906. The standard InChI is InChI=1S/C11H11Br3O3/c1-15-7-4-6(5-8(12)13)9(14)11(17-3)10(7)16-2/h4-5H,1-3H3. The molecule has 0 heterocycles. The Morgan fingerprint density at radius 3 is 2.06 bits per heavy atom. The van der Waals surface area contributed by atoms with Gasteiger partial charge in [0.1, 0.15) is 0 Å². The van der Waals surface area contributed by atoms with Gasteiger partial charge in [-0.05, 0) is 65.5 Å². The first-order valence-electron chi connectivity index (χ1n) is 4.56. The molecule has 0 spiro atoms. The zero-order valence-electron chi connectivity index (χ0n) is 9.51. The Morgan fingerprint density at radius 2 is 1.65 bits per heavy atom. The Kier molecular flexibility index (Phi) is 5.82. The van der Waals surface area contributed by atoms with Crippen molar-refractivity contribution in [3.63, 3.8) is 0 Å². The van der Waals surface area contributed by atoms with Crippen LogP contribution in [0.2, 0.25) is 0 Å². The van der Waals surface area contributed by atoms with Gasteiger partial charge in [-0.15, -0.1) is 0 Å². The Balaban J connectivity index is 3.50. The van der Waals surface area contributed by atoms with E-state index in [1.165, 1.54) is 0 Å². The molecule has 1 rings (SSSR count). The number of ether oxygens (including phenoxy) is 3. The number of hydrogen-bond donors (Lipinski definition) is 0. The fourth-order valence-corrected chi connectivity index (χ4v) is 2.43. The summed E-state index contributed by atoms with van der Waals surface area (Å²) in [6, 6.07) is 1.86.